The monoisotopic (exact) mass is 468 g/mol. The van der Waals surface area contributed by atoms with Crippen molar-refractivity contribution in [1.82, 2.24) is 10.6 Å². The predicted octanol–water partition coefficient (Wildman–Crippen LogP) is -3.49. The molecule has 178 valence electrons. The summed E-state index contributed by atoms with van der Waals surface area (Å²) in [6.45, 7) is -0.544. The van der Waals surface area contributed by atoms with E-state index in [0.29, 0.717) is 12.2 Å². The maximum absolute atomic E-state index is 12.1. The molecule has 0 saturated carbocycles. The molecule has 0 spiro atoms. The second-order valence-corrected chi connectivity index (χ2v) is 7.40. The van der Waals surface area contributed by atoms with Crippen molar-refractivity contribution in [2.75, 3.05) is 18.9 Å². The third-order valence-corrected chi connectivity index (χ3v) is 4.77. The van der Waals surface area contributed by atoms with Crippen LogP contribution in [0.15, 0.2) is 0 Å². The van der Waals surface area contributed by atoms with Crippen LogP contribution >= 0.6 is 12.6 Å². The van der Waals surface area contributed by atoms with Crippen molar-refractivity contribution >= 4 is 36.4 Å². The summed E-state index contributed by atoms with van der Waals surface area (Å²) in [5.41, 5.74) is 0. The molecule has 1 fully saturated rings. The number of nitrogens with one attached hydrogen (secondary N) is 2. The topological polar surface area (TPSA) is 212 Å². The van der Waals surface area contributed by atoms with Crippen LogP contribution in [-0.4, -0.2) is 104 Å². The lowest BCUT2D eigenvalue weighted by atomic mass is 9.88. The molecule has 31 heavy (non-hydrogen) atoms. The Labute approximate surface area is 183 Å². The van der Waals surface area contributed by atoms with E-state index in [1.165, 1.54) is 0 Å². The largest absolute Gasteiger partial charge is 0.476 e. The molecular formula is C17H28N2O11S. The molecule has 0 unspecified atom stereocenters. The molecule has 0 radical (unpaired) electrons. The van der Waals surface area contributed by atoms with Gasteiger partial charge in [0.1, 0.15) is 24.9 Å². The third-order valence-electron chi connectivity index (χ3n) is 4.46. The van der Waals surface area contributed by atoms with E-state index in [4.69, 9.17) is 14.6 Å². The summed E-state index contributed by atoms with van der Waals surface area (Å²) in [6.07, 6.45) is -7.53. The van der Waals surface area contributed by atoms with E-state index in [1.54, 1.807) is 0 Å². The molecular weight excluding hydrogens is 440 g/mol. The summed E-state index contributed by atoms with van der Waals surface area (Å²) in [4.78, 5) is 47.1. The molecule has 0 aromatic heterocycles. The first-order chi connectivity index (χ1) is 14.5. The van der Waals surface area contributed by atoms with Crippen molar-refractivity contribution in [2.45, 2.75) is 62.4 Å². The minimum atomic E-state index is -2.79. The molecule has 1 aliphatic heterocycles. The number of hydrogen-bond donors (Lipinski definition) is 8. The van der Waals surface area contributed by atoms with E-state index >= 15 is 0 Å². The second-order valence-electron chi connectivity index (χ2n) is 6.96. The fourth-order valence-electron chi connectivity index (χ4n) is 2.95. The Morgan fingerprint density at radius 3 is 2.45 bits per heavy atom. The molecule has 14 heteroatoms. The Balaban J connectivity index is 3.05. The number of hydrogen-bond acceptors (Lipinski definition) is 11. The van der Waals surface area contributed by atoms with Gasteiger partial charge in [-0.05, 0) is 12.2 Å². The van der Waals surface area contributed by atoms with Gasteiger partial charge in [-0.3, -0.25) is 14.4 Å². The Morgan fingerprint density at radius 2 is 1.94 bits per heavy atom. The third kappa shape index (κ3) is 7.59. The van der Waals surface area contributed by atoms with Crippen LogP contribution in [0.5, 0.6) is 0 Å². The quantitative estimate of drug-likeness (QED) is 0.110. The maximum Gasteiger partial charge on any atom is 0.377 e. The van der Waals surface area contributed by atoms with Crippen LogP contribution in [0.25, 0.3) is 0 Å². The first kappa shape index (κ1) is 27.1. The van der Waals surface area contributed by atoms with E-state index in [-0.39, 0.29) is 6.42 Å². The van der Waals surface area contributed by atoms with Crippen molar-refractivity contribution in [1.29, 1.82) is 0 Å². The van der Waals surface area contributed by atoms with Crippen molar-refractivity contribution in [3.05, 3.63) is 0 Å². The number of carboxylic acid groups (broad SMARTS) is 1. The number of carboxylic acids is 1. The summed E-state index contributed by atoms with van der Waals surface area (Å²) in [6, 6.07) is -1.39. The lowest BCUT2D eigenvalue weighted by Crippen LogP contribution is -2.68. The SMILES string of the molecule is CC(=O)N[C@H]1[C@H]([C@H](O)[C@H](O)CO)O[C@](OC(=O)CNC(=O)CCCS)(C(=O)O)C[C@@H]1O. The minimum Gasteiger partial charge on any atom is -0.476 e. The number of rotatable bonds is 11. The van der Waals surface area contributed by atoms with Crippen molar-refractivity contribution < 1.29 is 54.2 Å². The van der Waals surface area contributed by atoms with Gasteiger partial charge in [0.05, 0.1) is 25.2 Å². The fourth-order valence-corrected chi connectivity index (χ4v) is 3.11. The highest BCUT2D eigenvalue weighted by Crippen LogP contribution is 2.33. The molecule has 6 atom stereocenters. The molecule has 1 heterocycles. The highest BCUT2D eigenvalue weighted by molar-refractivity contribution is 7.80. The summed E-state index contributed by atoms with van der Waals surface area (Å²) < 4.78 is 10.2. The van der Waals surface area contributed by atoms with Gasteiger partial charge in [-0.1, -0.05) is 0 Å². The zero-order chi connectivity index (χ0) is 23.8. The number of esters is 1. The molecule has 0 aliphatic carbocycles. The van der Waals surface area contributed by atoms with Gasteiger partial charge in [0.25, 0.3) is 0 Å². The first-order valence-electron chi connectivity index (χ1n) is 9.40. The Kier molecular flexibility index (Phi) is 10.6. The Bertz CT molecular complexity index is 664. The molecule has 0 bridgehead atoms. The predicted molar refractivity (Wildman–Crippen MR) is 105 cm³/mol. The number of aliphatic hydroxyl groups is 4. The zero-order valence-electron chi connectivity index (χ0n) is 16.8. The smallest absolute Gasteiger partial charge is 0.377 e. The number of thiol groups is 1. The van der Waals surface area contributed by atoms with Gasteiger partial charge in [0, 0.05) is 13.3 Å². The standard InChI is InChI=1S/C17H28N2O11S/c1-8(21)19-13-9(22)5-17(16(27)28,30-15(13)14(26)10(23)7-20)29-12(25)6-18-11(24)3-2-4-31/h9-10,13-15,20,22-23,26,31H,2-7H2,1H3,(H,18,24)(H,19,21)(H,27,28)/t9-,10+,13+,14+,15+,17-/m0/s1. The number of aliphatic carboxylic acids is 1. The van der Waals surface area contributed by atoms with Crippen LogP contribution < -0.4 is 10.6 Å². The normalized spacial score (nSPS) is 27.6. The summed E-state index contributed by atoms with van der Waals surface area (Å²) >= 11 is 3.95. The fraction of sp³-hybridized carbons (Fsp3) is 0.765. The lowest BCUT2D eigenvalue weighted by molar-refractivity contribution is -0.300. The molecule has 1 saturated heterocycles. The number of aliphatic hydroxyl groups excluding tert-OH is 4. The molecule has 2 amide bonds. The lowest BCUT2D eigenvalue weighted by Gasteiger charge is -2.46. The van der Waals surface area contributed by atoms with Gasteiger partial charge in [-0.15, -0.1) is 0 Å². The zero-order valence-corrected chi connectivity index (χ0v) is 17.7. The number of carbonyl (C=O) groups excluding carboxylic acids is 3. The van der Waals surface area contributed by atoms with Gasteiger partial charge in [-0.2, -0.15) is 12.6 Å². The molecule has 13 nitrogen and oxygen atoms in total. The van der Waals surface area contributed by atoms with Crippen LogP contribution in [0.2, 0.25) is 0 Å². The summed E-state index contributed by atoms with van der Waals surface area (Å²) in [5, 5.41) is 53.6. The van der Waals surface area contributed by atoms with Crippen LogP contribution in [0.3, 0.4) is 0 Å². The highest BCUT2D eigenvalue weighted by Gasteiger charge is 2.57. The maximum atomic E-state index is 12.1. The van der Waals surface area contributed by atoms with Gasteiger partial charge < -0.3 is 45.6 Å². The van der Waals surface area contributed by atoms with E-state index in [0.717, 1.165) is 6.92 Å². The van der Waals surface area contributed by atoms with E-state index in [9.17, 15) is 39.6 Å². The van der Waals surface area contributed by atoms with E-state index in [1.807, 2.05) is 0 Å². The highest BCUT2D eigenvalue weighted by atomic mass is 32.1. The van der Waals surface area contributed by atoms with Gasteiger partial charge in [-0.25, -0.2) is 4.79 Å². The van der Waals surface area contributed by atoms with Crippen molar-refractivity contribution in [3.63, 3.8) is 0 Å². The Hall–Kier alpha value is -1.97. The molecule has 0 aromatic rings. The number of ether oxygens (including phenoxy) is 2. The molecule has 0 aromatic carbocycles. The number of amides is 2. The summed E-state index contributed by atoms with van der Waals surface area (Å²) in [7, 11) is 0. The minimum absolute atomic E-state index is 0.0851. The second kappa shape index (κ2) is 12.2. The van der Waals surface area contributed by atoms with Gasteiger partial charge in [0.15, 0.2) is 0 Å². The molecule has 1 aliphatic rings. The van der Waals surface area contributed by atoms with E-state index < -0.39 is 79.6 Å². The average Bonchev–Trinajstić information content (AvgIpc) is 2.70. The molecule has 7 N–H and O–H groups in total. The van der Waals surface area contributed by atoms with Gasteiger partial charge >= 0.3 is 17.7 Å². The average molecular weight is 468 g/mol. The Morgan fingerprint density at radius 1 is 1.29 bits per heavy atom. The summed E-state index contributed by atoms with van der Waals surface area (Å²) in [5.74, 6) is -6.54. The van der Waals surface area contributed by atoms with E-state index in [2.05, 4.69) is 23.3 Å². The first-order valence-corrected chi connectivity index (χ1v) is 10.0. The number of carbonyl (C=O) groups is 4. The molecule has 1 rings (SSSR count). The van der Waals surface area contributed by atoms with Crippen LogP contribution in [0, 0.1) is 0 Å². The van der Waals surface area contributed by atoms with Crippen LogP contribution in [0.1, 0.15) is 26.2 Å². The van der Waals surface area contributed by atoms with Crippen molar-refractivity contribution in [3.8, 4) is 0 Å². The van der Waals surface area contributed by atoms with Crippen LogP contribution in [0.4, 0.5) is 0 Å². The van der Waals surface area contributed by atoms with Crippen molar-refractivity contribution in [2.24, 2.45) is 0 Å². The van der Waals surface area contributed by atoms with Crippen LogP contribution in [-0.2, 0) is 28.7 Å². The van der Waals surface area contributed by atoms with Gasteiger partial charge in [0.2, 0.25) is 11.8 Å².